The van der Waals surface area contributed by atoms with Gasteiger partial charge in [-0.3, -0.25) is 9.69 Å². The number of likely N-dealkylation sites (N-methyl/N-ethyl adjacent to an activating group) is 2. The highest BCUT2D eigenvalue weighted by atomic mass is 32.1. The van der Waals surface area contributed by atoms with Crippen LogP contribution in [-0.2, 0) is 14.3 Å². The Morgan fingerprint density at radius 1 is 0.935 bits per heavy atom. The summed E-state index contributed by atoms with van der Waals surface area (Å²) in [4.78, 5) is 20.7. The molecule has 31 heavy (non-hydrogen) atoms. The third kappa shape index (κ3) is 6.63. The van der Waals surface area contributed by atoms with Gasteiger partial charge in [0.15, 0.2) is 5.11 Å². The highest BCUT2D eigenvalue weighted by Crippen LogP contribution is 2.30. The molecule has 0 unspecified atom stereocenters. The lowest BCUT2D eigenvalue weighted by atomic mass is 9.99. The van der Waals surface area contributed by atoms with Crippen molar-refractivity contribution in [1.29, 1.82) is 0 Å². The Morgan fingerprint density at radius 2 is 1.52 bits per heavy atom. The molecule has 1 amide bonds. The zero-order valence-corrected chi connectivity index (χ0v) is 21.2. The van der Waals surface area contributed by atoms with Crippen molar-refractivity contribution in [3.63, 3.8) is 0 Å². The lowest BCUT2D eigenvalue weighted by molar-refractivity contribution is -0.131. The second-order valence-corrected chi connectivity index (χ2v) is 10.0. The Hall–Kier alpha value is -1.22. The zero-order chi connectivity index (χ0) is 23.2. The van der Waals surface area contributed by atoms with Crippen LogP contribution in [-0.4, -0.2) is 101 Å². The van der Waals surface area contributed by atoms with Gasteiger partial charge in [0, 0.05) is 36.5 Å². The van der Waals surface area contributed by atoms with E-state index in [0.717, 1.165) is 43.3 Å². The smallest absolute Gasteiger partial charge is 0.238 e. The molecule has 0 radical (unpaired) electrons. The molecule has 0 bridgehead atoms. The van der Waals surface area contributed by atoms with E-state index in [-0.39, 0.29) is 17.0 Å². The van der Waals surface area contributed by atoms with Crippen LogP contribution in [0.1, 0.15) is 54.4 Å². The number of ether oxygens (including phenoxy) is 2. The van der Waals surface area contributed by atoms with Gasteiger partial charge in [-0.2, -0.15) is 0 Å². The second kappa shape index (κ2) is 11.1. The van der Waals surface area contributed by atoms with Gasteiger partial charge < -0.3 is 24.2 Å². The van der Waals surface area contributed by atoms with Gasteiger partial charge in [0.25, 0.3) is 0 Å². The molecule has 0 saturated carbocycles. The number of carbonyl (C=O) groups is 1. The van der Waals surface area contributed by atoms with E-state index < -0.39 is 0 Å². The first kappa shape index (κ1) is 26.0. The van der Waals surface area contributed by atoms with Gasteiger partial charge in [-0.15, -0.1) is 0 Å². The average molecular weight is 455 g/mol. The van der Waals surface area contributed by atoms with Crippen LogP contribution in [0.3, 0.4) is 0 Å². The van der Waals surface area contributed by atoms with Crippen LogP contribution in [0.4, 0.5) is 0 Å². The van der Waals surface area contributed by atoms with Crippen LogP contribution in [0.25, 0.3) is 0 Å². The number of hydrogen-bond donors (Lipinski definition) is 0. The molecule has 2 aliphatic heterocycles. The molecule has 0 spiro atoms. The first-order valence-corrected chi connectivity index (χ1v) is 11.9. The van der Waals surface area contributed by atoms with Crippen LogP contribution < -0.4 is 0 Å². The Bertz CT molecular complexity index is 653. The SMILES string of the molecule is C=C1CN(CC)C(=S)N1C(C)(C)CCOCCOCCC(C)(C)N1CN(CC)CC1=O. The molecule has 2 heterocycles. The Balaban J connectivity index is 1.62. The highest BCUT2D eigenvalue weighted by molar-refractivity contribution is 7.80. The summed E-state index contributed by atoms with van der Waals surface area (Å²) < 4.78 is 11.6. The molecular formula is C23H42N4O3S. The Kier molecular flexibility index (Phi) is 9.30. The molecule has 7 nitrogen and oxygen atoms in total. The van der Waals surface area contributed by atoms with E-state index in [1.165, 1.54) is 0 Å². The van der Waals surface area contributed by atoms with Crippen molar-refractivity contribution in [2.45, 2.75) is 65.5 Å². The van der Waals surface area contributed by atoms with E-state index in [0.29, 0.717) is 39.6 Å². The van der Waals surface area contributed by atoms with Crippen molar-refractivity contribution in [2.24, 2.45) is 0 Å². The van der Waals surface area contributed by atoms with Crippen LogP contribution in [0.2, 0.25) is 0 Å². The van der Waals surface area contributed by atoms with E-state index in [9.17, 15) is 4.79 Å². The van der Waals surface area contributed by atoms with E-state index in [4.69, 9.17) is 21.7 Å². The van der Waals surface area contributed by atoms with E-state index >= 15 is 0 Å². The van der Waals surface area contributed by atoms with Crippen LogP contribution >= 0.6 is 12.2 Å². The first-order chi connectivity index (χ1) is 14.5. The second-order valence-electron chi connectivity index (χ2n) is 9.66. The fraction of sp³-hybridized carbons (Fsp3) is 0.826. The molecule has 0 aromatic rings. The van der Waals surface area contributed by atoms with Crippen molar-refractivity contribution < 1.29 is 14.3 Å². The maximum absolute atomic E-state index is 12.3. The minimum Gasteiger partial charge on any atom is -0.379 e. The summed E-state index contributed by atoms with van der Waals surface area (Å²) in [5, 5.41) is 0.863. The summed E-state index contributed by atoms with van der Waals surface area (Å²) in [7, 11) is 0. The molecule has 2 aliphatic rings. The van der Waals surface area contributed by atoms with Crippen LogP contribution in [0.5, 0.6) is 0 Å². The lowest BCUT2D eigenvalue weighted by Gasteiger charge is -2.37. The Labute approximate surface area is 194 Å². The summed E-state index contributed by atoms with van der Waals surface area (Å²) in [6.45, 7) is 23.2. The van der Waals surface area contributed by atoms with Gasteiger partial charge in [0.2, 0.25) is 5.91 Å². The summed E-state index contributed by atoms with van der Waals surface area (Å²) in [5.74, 6) is 0.208. The van der Waals surface area contributed by atoms with Gasteiger partial charge in [-0.1, -0.05) is 13.5 Å². The molecule has 0 aromatic heterocycles. The number of amides is 1. The van der Waals surface area contributed by atoms with Gasteiger partial charge in [-0.25, -0.2) is 0 Å². The molecule has 0 N–H and O–H groups in total. The highest BCUT2D eigenvalue weighted by Gasteiger charge is 2.38. The summed E-state index contributed by atoms with van der Waals surface area (Å²) in [6.07, 6.45) is 1.67. The van der Waals surface area contributed by atoms with Gasteiger partial charge >= 0.3 is 0 Å². The minimum absolute atomic E-state index is 0.127. The lowest BCUT2D eigenvalue weighted by Crippen LogP contribution is -2.46. The van der Waals surface area contributed by atoms with E-state index in [2.05, 4.69) is 62.8 Å². The molecule has 0 aliphatic carbocycles. The molecule has 178 valence electrons. The largest absolute Gasteiger partial charge is 0.379 e. The van der Waals surface area contributed by atoms with Crippen molar-refractivity contribution in [3.05, 3.63) is 12.3 Å². The molecule has 2 rings (SSSR count). The molecule has 8 heteroatoms. The van der Waals surface area contributed by atoms with Crippen molar-refractivity contribution in [1.82, 2.24) is 19.6 Å². The van der Waals surface area contributed by atoms with E-state index in [1.807, 2.05) is 4.90 Å². The van der Waals surface area contributed by atoms with Crippen molar-refractivity contribution in [3.8, 4) is 0 Å². The maximum Gasteiger partial charge on any atom is 0.238 e. The topological polar surface area (TPSA) is 48.5 Å². The van der Waals surface area contributed by atoms with E-state index in [1.54, 1.807) is 0 Å². The number of thiocarbonyl (C=S) groups is 1. The third-order valence-corrected chi connectivity index (χ3v) is 6.85. The first-order valence-electron chi connectivity index (χ1n) is 11.5. The summed E-state index contributed by atoms with van der Waals surface area (Å²) in [5.41, 5.74) is 0.730. The normalized spacial score (nSPS) is 18.8. The monoisotopic (exact) mass is 454 g/mol. The molecule has 2 saturated heterocycles. The Morgan fingerprint density at radius 3 is 2.00 bits per heavy atom. The predicted molar refractivity (Wildman–Crippen MR) is 129 cm³/mol. The van der Waals surface area contributed by atoms with Crippen LogP contribution in [0, 0.1) is 0 Å². The zero-order valence-electron chi connectivity index (χ0n) is 20.4. The van der Waals surface area contributed by atoms with Crippen molar-refractivity contribution in [2.75, 3.05) is 59.3 Å². The number of nitrogens with zero attached hydrogens (tertiary/aromatic N) is 4. The molecular weight excluding hydrogens is 412 g/mol. The predicted octanol–water partition coefficient (Wildman–Crippen LogP) is 2.91. The number of rotatable bonds is 13. The standard InChI is InChI=1S/C23H42N4O3S/c1-8-24-17-20(28)26(18-24)22(4,5)10-12-29-14-15-30-13-11-23(6,7)27-19(3)16-25(9-2)21(27)31/h3,8-18H2,1-2,4-7H3. The average Bonchev–Trinajstić information content (AvgIpc) is 3.23. The summed E-state index contributed by atoms with van der Waals surface area (Å²) >= 11 is 5.63. The summed E-state index contributed by atoms with van der Waals surface area (Å²) in [6, 6.07) is 0. The third-order valence-electron chi connectivity index (χ3n) is 6.41. The molecule has 0 aromatic carbocycles. The number of hydrogen-bond acceptors (Lipinski definition) is 5. The van der Waals surface area contributed by atoms with Gasteiger partial charge in [0.05, 0.1) is 33.0 Å². The quantitative estimate of drug-likeness (QED) is 0.313. The fourth-order valence-corrected chi connectivity index (χ4v) is 4.70. The van der Waals surface area contributed by atoms with Gasteiger partial charge in [0.1, 0.15) is 0 Å². The van der Waals surface area contributed by atoms with Gasteiger partial charge in [-0.05, 0) is 66.2 Å². The number of carbonyl (C=O) groups excluding carboxylic acids is 1. The van der Waals surface area contributed by atoms with Crippen molar-refractivity contribution >= 4 is 23.2 Å². The maximum atomic E-state index is 12.3. The van der Waals surface area contributed by atoms with Crippen LogP contribution in [0.15, 0.2) is 12.3 Å². The molecule has 0 atom stereocenters. The fourth-order valence-electron chi connectivity index (χ4n) is 4.13. The minimum atomic E-state index is -0.200. The molecule has 2 fully saturated rings.